The maximum atomic E-state index is 6.14. The van der Waals surface area contributed by atoms with E-state index in [0.717, 1.165) is 31.6 Å². The van der Waals surface area contributed by atoms with Crippen LogP contribution in [-0.2, 0) is 11.3 Å². The van der Waals surface area contributed by atoms with Crippen molar-refractivity contribution in [3.63, 3.8) is 0 Å². The summed E-state index contributed by atoms with van der Waals surface area (Å²) in [5, 5.41) is 3.64. The van der Waals surface area contributed by atoms with Gasteiger partial charge in [0, 0.05) is 31.0 Å². The Labute approximate surface area is 126 Å². The van der Waals surface area contributed by atoms with Crippen LogP contribution in [0.4, 0.5) is 0 Å². The van der Waals surface area contributed by atoms with Gasteiger partial charge in [0.2, 0.25) is 5.88 Å². The molecule has 0 bridgehead atoms. The molecule has 1 aromatic rings. The molecule has 1 unspecified atom stereocenters. The van der Waals surface area contributed by atoms with Crippen LogP contribution in [0.1, 0.15) is 50.5 Å². The fraction of sp³-hybridized carbons (Fsp3) is 0.750. The lowest BCUT2D eigenvalue weighted by Crippen LogP contribution is -2.47. The van der Waals surface area contributed by atoms with Gasteiger partial charge in [-0.05, 0) is 25.7 Å². The molecule has 116 valence electrons. The van der Waals surface area contributed by atoms with Gasteiger partial charge < -0.3 is 14.8 Å². The summed E-state index contributed by atoms with van der Waals surface area (Å²) in [6, 6.07) is 0.516. The summed E-state index contributed by atoms with van der Waals surface area (Å²) >= 11 is 0. The molecular weight excluding hydrogens is 266 g/mol. The van der Waals surface area contributed by atoms with E-state index in [1.807, 2.05) is 6.20 Å². The monoisotopic (exact) mass is 291 g/mol. The van der Waals surface area contributed by atoms with Crippen LogP contribution in [0.25, 0.3) is 0 Å². The first-order chi connectivity index (χ1) is 10.3. The van der Waals surface area contributed by atoms with Gasteiger partial charge in [-0.2, -0.15) is 0 Å². The van der Waals surface area contributed by atoms with Gasteiger partial charge in [0.15, 0.2) is 0 Å². The Morgan fingerprint density at radius 2 is 2.24 bits per heavy atom. The van der Waals surface area contributed by atoms with Crippen LogP contribution in [-0.4, -0.2) is 35.3 Å². The molecule has 0 amide bonds. The predicted octanol–water partition coefficient (Wildman–Crippen LogP) is 2.46. The van der Waals surface area contributed by atoms with Crippen molar-refractivity contribution in [2.75, 3.05) is 13.7 Å². The van der Waals surface area contributed by atoms with Gasteiger partial charge in [-0.3, -0.25) is 0 Å². The highest BCUT2D eigenvalue weighted by Gasteiger charge is 2.38. The van der Waals surface area contributed by atoms with Gasteiger partial charge in [-0.25, -0.2) is 9.97 Å². The molecule has 1 atom stereocenters. The van der Waals surface area contributed by atoms with E-state index in [2.05, 4.69) is 15.3 Å². The summed E-state index contributed by atoms with van der Waals surface area (Å²) in [6.07, 6.45) is 12.0. The molecule has 1 N–H and O–H groups in total. The average molecular weight is 291 g/mol. The number of hydrogen-bond donors (Lipinski definition) is 1. The summed E-state index contributed by atoms with van der Waals surface area (Å²) in [7, 11) is 1.65. The third-order valence-corrected chi connectivity index (χ3v) is 4.78. The van der Waals surface area contributed by atoms with Crippen LogP contribution in [0.3, 0.4) is 0 Å². The molecule has 2 fully saturated rings. The topological polar surface area (TPSA) is 56.3 Å². The molecule has 1 saturated heterocycles. The van der Waals surface area contributed by atoms with E-state index in [9.17, 15) is 0 Å². The first-order valence-electron chi connectivity index (χ1n) is 8.01. The smallest absolute Gasteiger partial charge is 0.220 e. The lowest BCUT2D eigenvalue weighted by atomic mass is 9.78. The first kappa shape index (κ1) is 14.7. The molecule has 2 aliphatic rings. The molecule has 5 nitrogen and oxygen atoms in total. The second-order valence-corrected chi connectivity index (χ2v) is 6.22. The highest BCUT2D eigenvalue weighted by atomic mass is 16.5. The SMILES string of the molecule is COc1ncncc1CNC1CCOC2(CCCCC2)C1. The van der Waals surface area contributed by atoms with E-state index in [1.54, 1.807) is 7.11 Å². The minimum absolute atomic E-state index is 0.144. The zero-order chi connectivity index (χ0) is 14.5. The molecule has 2 heterocycles. The van der Waals surface area contributed by atoms with Crippen molar-refractivity contribution in [3.05, 3.63) is 18.1 Å². The van der Waals surface area contributed by atoms with Gasteiger partial charge in [0.25, 0.3) is 0 Å². The van der Waals surface area contributed by atoms with Crippen LogP contribution in [0.15, 0.2) is 12.5 Å². The van der Waals surface area contributed by atoms with E-state index in [-0.39, 0.29) is 5.60 Å². The Morgan fingerprint density at radius 3 is 3.05 bits per heavy atom. The van der Waals surface area contributed by atoms with E-state index >= 15 is 0 Å². The molecule has 1 saturated carbocycles. The van der Waals surface area contributed by atoms with Crippen molar-refractivity contribution < 1.29 is 9.47 Å². The second-order valence-electron chi connectivity index (χ2n) is 6.22. The molecule has 0 aromatic carbocycles. The number of nitrogens with one attached hydrogen (secondary N) is 1. The Morgan fingerprint density at radius 1 is 1.38 bits per heavy atom. The maximum absolute atomic E-state index is 6.14. The quantitative estimate of drug-likeness (QED) is 0.923. The highest BCUT2D eigenvalue weighted by Crippen LogP contribution is 2.38. The zero-order valence-corrected chi connectivity index (χ0v) is 12.8. The fourth-order valence-electron chi connectivity index (χ4n) is 3.65. The molecule has 1 spiro atoms. The fourth-order valence-corrected chi connectivity index (χ4v) is 3.65. The minimum Gasteiger partial charge on any atom is -0.481 e. The highest BCUT2D eigenvalue weighted by molar-refractivity contribution is 5.21. The van der Waals surface area contributed by atoms with Crippen molar-refractivity contribution in [3.8, 4) is 5.88 Å². The number of aromatic nitrogens is 2. The van der Waals surface area contributed by atoms with Gasteiger partial charge in [-0.1, -0.05) is 19.3 Å². The first-order valence-corrected chi connectivity index (χ1v) is 8.01. The summed E-state index contributed by atoms with van der Waals surface area (Å²) in [5.74, 6) is 0.664. The van der Waals surface area contributed by atoms with Crippen molar-refractivity contribution in [2.24, 2.45) is 0 Å². The van der Waals surface area contributed by atoms with E-state index in [1.165, 1.54) is 38.4 Å². The van der Waals surface area contributed by atoms with Crippen molar-refractivity contribution >= 4 is 0 Å². The molecule has 1 aliphatic carbocycles. The number of rotatable bonds is 4. The Hall–Kier alpha value is -1.20. The van der Waals surface area contributed by atoms with Crippen LogP contribution in [0.2, 0.25) is 0 Å². The van der Waals surface area contributed by atoms with Crippen LogP contribution >= 0.6 is 0 Å². The number of nitrogens with zero attached hydrogens (tertiary/aromatic N) is 2. The molecule has 5 heteroatoms. The standard InChI is InChI=1S/C16H25N3O2/c1-20-15-13(10-17-12-19-15)11-18-14-5-8-21-16(9-14)6-3-2-4-7-16/h10,12,14,18H,2-9,11H2,1H3. The molecule has 1 aromatic heterocycles. The third-order valence-electron chi connectivity index (χ3n) is 4.78. The number of ether oxygens (including phenoxy) is 2. The molecule has 0 radical (unpaired) electrons. The molecule has 21 heavy (non-hydrogen) atoms. The molecule has 1 aliphatic heterocycles. The van der Waals surface area contributed by atoms with Gasteiger partial charge in [0.1, 0.15) is 6.33 Å². The maximum Gasteiger partial charge on any atom is 0.220 e. The lowest BCUT2D eigenvalue weighted by Gasteiger charge is -2.43. The largest absolute Gasteiger partial charge is 0.481 e. The third kappa shape index (κ3) is 3.52. The van der Waals surface area contributed by atoms with E-state index in [4.69, 9.17) is 9.47 Å². The predicted molar refractivity (Wildman–Crippen MR) is 80.2 cm³/mol. The van der Waals surface area contributed by atoms with Crippen molar-refractivity contribution in [1.82, 2.24) is 15.3 Å². The van der Waals surface area contributed by atoms with Gasteiger partial charge in [-0.15, -0.1) is 0 Å². The normalized spacial score (nSPS) is 24.9. The Kier molecular flexibility index (Phi) is 4.70. The van der Waals surface area contributed by atoms with Crippen molar-refractivity contribution in [1.29, 1.82) is 0 Å². The molecular formula is C16H25N3O2. The number of hydrogen-bond acceptors (Lipinski definition) is 5. The summed E-state index contributed by atoms with van der Waals surface area (Å²) in [6.45, 7) is 1.63. The van der Waals surface area contributed by atoms with Crippen molar-refractivity contribution in [2.45, 2.75) is 63.1 Å². The zero-order valence-electron chi connectivity index (χ0n) is 12.8. The van der Waals surface area contributed by atoms with E-state index < -0.39 is 0 Å². The second kappa shape index (κ2) is 6.71. The van der Waals surface area contributed by atoms with Crippen LogP contribution in [0.5, 0.6) is 5.88 Å². The minimum atomic E-state index is 0.144. The van der Waals surface area contributed by atoms with Gasteiger partial charge >= 0.3 is 0 Å². The van der Waals surface area contributed by atoms with Crippen LogP contribution < -0.4 is 10.1 Å². The Bertz CT molecular complexity index is 455. The number of methoxy groups -OCH3 is 1. The Balaban J connectivity index is 1.57. The summed E-state index contributed by atoms with van der Waals surface area (Å²) in [5.41, 5.74) is 1.16. The van der Waals surface area contributed by atoms with E-state index in [0.29, 0.717) is 11.9 Å². The summed E-state index contributed by atoms with van der Waals surface area (Å²) < 4.78 is 11.4. The summed E-state index contributed by atoms with van der Waals surface area (Å²) in [4.78, 5) is 8.23. The van der Waals surface area contributed by atoms with Crippen LogP contribution in [0, 0.1) is 0 Å². The van der Waals surface area contributed by atoms with Gasteiger partial charge in [0.05, 0.1) is 12.7 Å². The lowest BCUT2D eigenvalue weighted by molar-refractivity contribution is -0.109. The average Bonchev–Trinajstić information content (AvgIpc) is 2.54. The molecule has 3 rings (SSSR count).